The van der Waals surface area contributed by atoms with Gasteiger partial charge in [-0.05, 0) is 41.2 Å². The molecule has 0 fully saturated rings. The Kier molecular flexibility index (Phi) is 5.32. The minimum atomic E-state index is 0.368. The van der Waals surface area contributed by atoms with Crippen LogP contribution in [0, 0.1) is 0 Å². The van der Waals surface area contributed by atoms with E-state index in [1.54, 1.807) is 6.07 Å². The molecule has 0 aliphatic carbocycles. The maximum Gasteiger partial charge on any atom is 0.123 e. The largest absolute Gasteiger partial charge is 0.507 e. The smallest absolute Gasteiger partial charge is 0.123 e. The quantitative estimate of drug-likeness (QED) is 0.517. The molecule has 0 aliphatic rings. The Balaban J connectivity index is 2.10. The van der Waals surface area contributed by atoms with Crippen molar-refractivity contribution in [1.82, 2.24) is 0 Å². The van der Waals surface area contributed by atoms with E-state index < -0.39 is 0 Å². The van der Waals surface area contributed by atoms with Crippen molar-refractivity contribution >= 4 is 0 Å². The molecule has 0 aliphatic heterocycles. The number of hydrogen-bond acceptors (Lipinski definition) is 1. The average Bonchev–Trinajstić information content (AvgIpc) is 2.63. The molecule has 0 bridgehead atoms. The van der Waals surface area contributed by atoms with Crippen molar-refractivity contribution in [2.45, 2.75) is 32.6 Å². The molecule has 0 spiro atoms. The van der Waals surface area contributed by atoms with Gasteiger partial charge in [-0.15, -0.1) is 0 Å². The van der Waals surface area contributed by atoms with Crippen molar-refractivity contribution in [3.05, 3.63) is 78.4 Å². The van der Waals surface area contributed by atoms with Crippen molar-refractivity contribution in [2.24, 2.45) is 0 Å². The topological polar surface area (TPSA) is 20.2 Å². The minimum Gasteiger partial charge on any atom is -0.507 e. The normalized spacial score (nSPS) is 10.7. The van der Waals surface area contributed by atoms with Crippen LogP contribution in [0.5, 0.6) is 5.75 Å². The van der Waals surface area contributed by atoms with Crippen LogP contribution in [-0.2, 0) is 6.42 Å². The second kappa shape index (κ2) is 7.83. The lowest BCUT2D eigenvalue weighted by Gasteiger charge is -2.16. The van der Waals surface area contributed by atoms with Gasteiger partial charge in [0.1, 0.15) is 5.75 Å². The summed E-state index contributed by atoms with van der Waals surface area (Å²) in [6.07, 6.45) is 4.57. The highest BCUT2D eigenvalue weighted by molar-refractivity contribution is 5.87. The standard InChI is InChI=1S/C23H24O/c1-2-3-5-13-19-14-10-17-22(24)23(19)21-16-9-8-15-20(21)18-11-6-4-7-12-18/h4,6-12,14-17,24H,2-3,5,13H2,1H3. The van der Waals surface area contributed by atoms with Crippen LogP contribution in [0.2, 0.25) is 0 Å². The molecule has 24 heavy (non-hydrogen) atoms. The molecule has 0 atom stereocenters. The third-order valence-electron chi connectivity index (χ3n) is 4.46. The van der Waals surface area contributed by atoms with Gasteiger partial charge in [0.15, 0.2) is 0 Å². The Morgan fingerprint density at radius 1 is 0.708 bits per heavy atom. The third kappa shape index (κ3) is 3.51. The summed E-state index contributed by atoms with van der Waals surface area (Å²) in [5, 5.41) is 10.6. The Morgan fingerprint density at radius 2 is 1.42 bits per heavy atom. The number of aryl methyl sites for hydroxylation is 1. The van der Waals surface area contributed by atoms with Crippen molar-refractivity contribution < 1.29 is 5.11 Å². The molecule has 122 valence electrons. The number of hydrogen-bond donors (Lipinski definition) is 1. The molecule has 3 rings (SSSR count). The SMILES string of the molecule is CCCCCc1cccc(O)c1-c1ccccc1-c1ccccc1. The number of unbranched alkanes of at least 4 members (excludes halogenated alkanes) is 2. The molecule has 0 aromatic heterocycles. The Morgan fingerprint density at radius 3 is 2.17 bits per heavy atom. The van der Waals surface area contributed by atoms with Crippen LogP contribution in [0.3, 0.4) is 0 Å². The zero-order valence-corrected chi connectivity index (χ0v) is 14.2. The molecule has 1 nitrogen and oxygen atoms in total. The molecule has 0 saturated heterocycles. The van der Waals surface area contributed by atoms with E-state index in [-0.39, 0.29) is 0 Å². The zero-order valence-electron chi connectivity index (χ0n) is 14.2. The maximum atomic E-state index is 10.6. The monoisotopic (exact) mass is 316 g/mol. The van der Waals surface area contributed by atoms with Gasteiger partial charge >= 0.3 is 0 Å². The van der Waals surface area contributed by atoms with Gasteiger partial charge in [-0.1, -0.05) is 86.5 Å². The zero-order chi connectivity index (χ0) is 16.8. The van der Waals surface area contributed by atoms with Gasteiger partial charge in [-0.25, -0.2) is 0 Å². The van der Waals surface area contributed by atoms with Crippen LogP contribution < -0.4 is 0 Å². The summed E-state index contributed by atoms with van der Waals surface area (Å²) in [4.78, 5) is 0. The van der Waals surface area contributed by atoms with Crippen molar-refractivity contribution in [2.75, 3.05) is 0 Å². The van der Waals surface area contributed by atoms with Crippen LogP contribution in [0.4, 0.5) is 0 Å². The highest BCUT2D eigenvalue weighted by atomic mass is 16.3. The summed E-state index contributed by atoms with van der Waals surface area (Å²) in [7, 11) is 0. The highest BCUT2D eigenvalue weighted by Gasteiger charge is 2.14. The van der Waals surface area contributed by atoms with E-state index in [9.17, 15) is 5.11 Å². The molecular weight excluding hydrogens is 292 g/mol. The summed E-state index contributed by atoms with van der Waals surface area (Å²) in [6.45, 7) is 2.22. The minimum absolute atomic E-state index is 0.368. The summed E-state index contributed by atoms with van der Waals surface area (Å²) in [6, 6.07) is 24.6. The molecule has 0 radical (unpaired) electrons. The second-order valence-electron chi connectivity index (χ2n) is 6.18. The van der Waals surface area contributed by atoms with E-state index in [4.69, 9.17) is 0 Å². The van der Waals surface area contributed by atoms with E-state index in [0.29, 0.717) is 5.75 Å². The number of rotatable bonds is 6. The first-order valence-corrected chi connectivity index (χ1v) is 8.77. The summed E-state index contributed by atoms with van der Waals surface area (Å²) in [5.74, 6) is 0.368. The number of phenolic OH excluding ortho intramolecular Hbond substituents is 1. The lowest BCUT2D eigenvalue weighted by molar-refractivity contribution is 0.476. The molecule has 3 aromatic carbocycles. The van der Waals surface area contributed by atoms with E-state index >= 15 is 0 Å². The summed E-state index contributed by atoms with van der Waals surface area (Å²) >= 11 is 0. The van der Waals surface area contributed by atoms with Gasteiger partial charge in [0, 0.05) is 5.56 Å². The Hall–Kier alpha value is -2.54. The van der Waals surface area contributed by atoms with Crippen molar-refractivity contribution in [3.8, 4) is 28.0 Å². The first-order valence-electron chi connectivity index (χ1n) is 8.77. The number of benzene rings is 3. The second-order valence-corrected chi connectivity index (χ2v) is 6.18. The van der Waals surface area contributed by atoms with Crippen LogP contribution in [-0.4, -0.2) is 5.11 Å². The van der Waals surface area contributed by atoms with Gasteiger partial charge in [0.05, 0.1) is 0 Å². The molecule has 0 saturated carbocycles. The van der Waals surface area contributed by atoms with Gasteiger partial charge in [0.2, 0.25) is 0 Å². The molecule has 0 unspecified atom stereocenters. The fourth-order valence-electron chi connectivity index (χ4n) is 3.24. The van der Waals surface area contributed by atoms with Gasteiger partial charge < -0.3 is 5.11 Å². The molecule has 0 amide bonds. The fraction of sp³-hybridized carbons (Fsp3) is 0.217. The summed E-state index contributed by atoms with van der Waals surface area (Å²) in [5.41, 5.74) is 5.65. The first-order chi connectivity index (χ1) is 11.8. The van der Waals surface area contributed by atoms with E-state index in [0.717, 1.165) is 29.5 Å². The summed E-state index contributed by atoms with van der Waals surface area (Å²) < 4.78 is 0. The van der Waals surface area contributed by atoms with E-state index in [2.05, 4.69) is 55.5 Å². The molecule has 1 heteroatoms. The van der Waals surface area contributed by atoms with Crippen molar-refractivity contribution in [3.63, 3.8) is 0 Å². The molecule has 1 N–H and O–H groups in total. The predicted molar refractivity (Wildman–Crippen MR) is 102 cm³/mol. The number of phenols is 1. The van der Waals surface area contributed by atoms with Gasteiger partial charge in [-0.3, -0.25) is 0 Å². The van der Waals surface area contributed by atoms with Crippen molar-refractivity contribution in [1.29, 1.82) is 0 Å². The van der Waals surface area contributed by atoms with Gasteiger partial charge in [-0.2, -0.15) is 0 Å². The van der Waals surface area contributed by atoms with E-state index in [1.165, 1.54) is 24.0 Å². The Bertz CT molecular complexity index is 790. The molecular formula is C23H24O. The van der Waals surface area contributed by atoms with Gasteiger partial charge in [0.25, 0.3) is 0 Å². The average molecular weight is 316 g/mol. The fourth-order valence-corrected chi connectivity index (χ4v) is 3.24. The van der Waals surface area contributed by atoms with Crippen LogP contribution in [0.25, 0.3) is 22.3 Å². The number of aromatic hydroxyl groups is 1. The lowest BCUT2D eigenvalue weighted by Crippen LogP contribution is -1.93. The highest BCUT2D eigenvalue weighted by Crippen LogP contribution is 2.39. The molecule has 0 heterocycles. The van der Waals surface area contributed by atoms with E-state index in [1.807, 2.05) is 18.2 Å². The first kappa shape index (κ1) is 16.3. The maximum absolute atomic E-state index is 10.6. The molecule has 3 aromatic rings. The van der Waals surface area contributed by atoms with Crippen LogP contribution >= 0.6 is 0 Å². The third-order valence-corrected chi connectivity index (χ3v) is 4.46. The van der Waals surface area contributed by atoms with Crippen LogP contribution in [0.1, 0.15) is 31.7 Å². The lowest BCUT2D eigenvalue weighted by atomic mass is 9.89. The van der Waals surface area contributed by atoms with Crippen LogP contribution in [0.15, 0.2) is 72.8 Å². The Labute approximate surface area is 144 Å². The predicted octanol–water partition coefficient (Wildman–Crippen LogP) is 6.46.